The summed E-state index contributed by atoms with van der Waals surface area (Å²) in [6, 6.07) is -1.04. The van der Waals surface area contributed by atoms with E-state index in [0.29, 0.717) is 12.8 Å². The Morgan fingerprint density at radius 1 is 0.650 bits per heavy atom. The number of amides is 2. The van der Waals surface area contributed by atoms with Gasteiger partial charge in [0.05, 0.1) is 6.42 Å². The molecule has 2 atom stereocenters. The Balaban J connectivity index is 2.23. The van der Waals surface area contributed by atoms with Crippen LogP contribution in [-0.2, 0) is 14.4 Å². The summed E-state index contributed by atoms with van der Waals surface area (Å²) in [5, 5.41) is 12.7. The maximum absolute atomic E-state index is 13.1. The summed E-state index contributed by atoms with van der Waals surface area (Å²) in [6.07, 6.45) is 30.2. The summed E-state index contributed by atoms with van der Waals surface area (Å²) in [4.78, 5) is 38.8. The average molecular weight is 565 g/mol. The van der Waals surface area contributed by atoms with Crippen molar-refractivity contribution < 1.29 is 19.5 Å². The van der Waals surface area contributed by atoms with Gasteiger partial charge in [-0.3, -0.25) is 9.59 Å². The van der Waals surface area contributed by atoms with Crippen molar-refractivity contribution in [2.75, 3.05) is 0 Å². The SMILES string of the molecule is CCCCCCCCCCCCCCCCCC(=O)N1C(CCCCCCCCCCC)NC(=O)CC1C(=O)O. The summed E-state index contributed by atoms with van der Waals surface area (Å²) in [5.74, 6) is -1.45. The molecule has 0 saturated carbocycles. The van der Waals surface area contributed by atoms with Gasteiger partial charge in [0.1, 0.15) is 12.2 Å². The van der Waals surface area contributed by atoms with Crippen LogP contribution < -0.4 is 5.32 Å². The number of hydrogen-bond donors (Lipinski definition) is 2. The van der Waals surface area contributed by atoms with Gasteiger partial charge in [0.15, 0.2) is 0 Å². The molecule has 40 heavy (non-hydrogen) atoms. The minimum atomic E-state index is -1.07. The Bertz CT molecular complexity index is 654. The summed E-state index contributed by atoms with van der Waals surface area (Å²) in [5.41, 5.74) is 0. The molecule has 0 aromatic rings. The van der Waals surface area contributed by atoms with Crippen molar-refractivity contribution in [3.8, 4) is 0 Å². The number of carboxylic acids is 1. The van der Waals surface area contributed by atoms with Crippen LogP contribution in [0.25, 0.3) is 0 Å². The molecule has 234 valence electrons. The van der Waals surface area contributed by atoms with Crippen molar-refractivity contribution in [1.29, 1.82) is 0 Å². The average Bonchev–Trinajstić information content (AvgIpc) is 2.93. The number of hydrogen-bond acceptors (Lipinski definition) is 3. The Morgan fingerprint density at radius 2 is 1.02 bits per heavy atom. The van der Waals surface area contributed by atoms with Gasteiger partial charge in [-0.25, -0.2) is 4.79 Å². The van der Waals surface area contributed by atoms with Crippen LogP contribution in [0.15, 0.2) is 0 Å². The van der Waals surface area contributed by atoms with Crippen molar-refractivity contribution in [2.45, 2.75) is 199 Å². The third-order valence-corrected chi connectivity index (χ3v) is 8.53. The third-order valence-electron chi connectivity index (χ3n) is 8.53. The van der Waals surface area contributed by atoms with Gasteiger partial charge in [-0.05, 0) is 19.3 Å². The normalized spacial score (nSPS) is 17.2. The van der Waals surface area contributed by atoms with Crippen molar-refractivity contribution in [2.24, 2.45) is 0 Å². The van der Waals surface area contributed by atoms with E-state index in [1.807, 2.05) is 0 Å². The number of aliphatic carboxylic acids is 1. The summed E-state index contributed by atoms with van der Waals surface area (Å²) in [6.45, 7) is 4.50. The van der Waals surface area contributed by atoms with Gasteiger partial charge in [-0.2, -0.15) is 0 Å². The molecule has 1 fully saturated rings. The molecule has 0 aromatic carbocycles. The smallest absolute Gasteiger partial charge is 0.327 e. The molecule has 6 heteroatoms. The number of carboxylic acid groups (broad SMARTS) is 1. The lowest BCUT2D eigenvalue weighted by molar-refractivity contribution is -0.159. The first-order chi connectivity index (χ1) is 19.5. The zero-order valence-corrected chi connectivity index (χ0v) is 26.4. The standard InChI is InChI=1S/C34H64N2O4/c1-3-5-7-9-11-13-14-15-16-17-18-20-22-24-26-28-33(38)36-30(34(39)40)29-32(37)35-31(36)27-25-23-21-19-12-10-8-6-4-2/h30-31H,3-29H2,1-2H3,(H,35,37)(H,39,40). The Labute approximate surface area is 246 Å². The summed E-state index contributed by atoms with van der Waals surface area (Å²) >= 11 is 0. The first kappa shape index (κ1) is 36.4. The molecular weight excluding hydrogens is 500 g/mol. The summed E-state index contributed by atoms with van der Waals surface area (Å²) < 4.78 is 0. The van der Waals surface area contributed by atoms with Crippen molar-refractivity contribution in [1.82, 2.24) is 10.2 Å². The number of carbonyl (C=O) groups is 3. The topological polar surface area (TPSA) is 86.7 Å². The zero-order valence-electron chi connectivity index (χ0n) is 26.4. The molecule has 2 unspecified atom stereocenters. The fourth-order valence-electron chi connectivity index (χ4n) is 6.00. The highest BCUT2D eigenvalue weighted by molar-refractivity contribution is 5.91. The molecule has 2 amide bonds. The van der Waals surface area contributed by atoms with Gasteiger partial charge in [0, 0.05) is 6.42 Å². The molecule has 1 aliphatic rings. The lowest BCUT2D eigenvalue weighted by atomic mass is 10.0. The number of rotatable bonds is 27. The monoisotopic (exact) mass is 564 g/mol. The number of nitrogens with zero attached hydrogens (tertiary/aromatic N) is 1. The van der Waals surface area contributed by atoms with E-state index in [0.717, 1.165) is 38.5 Å². The molecule has 1 aliphatic heterocycles. The number of unbranched alkanes of at least 4 members (excludes halogenated alkanes) is 22. The lowest BCUT2D eigenvalue weighted by Crippen LogP contribution is -2.62. The van der Waals surface area contributed by atoms with Gasteiger partial charge < -0.3 is 15.3 Å². The highest BCUT2D eigenvalue weighted by Crippen LogP contribution is 2.22. The molecule has 1 saturated heterocycles. The maximum atomic E-state index is 13.1. The second-order valence-electron chi connectivity index (χ2n) is 12.3. The fourth-order valence-corrected chi connectivity index (χ4v) is 6.00. The van der Waals surface area contributed by atoms with E-state index >= 15 is 0 Å². The molecule has 2 N–H and O–H groups in total. The first-order valence-corrected chi connectivity index (χ1v) is 17.3. The van der Waals surface area contributed by atoms with Crippen LogP contribution in [0.3, 0.4) is 0 Å². The molecule has 0 bridgehead atoms. The van der Waals surface area contributed by atoms with E-state index in [9.17, 15) is 19.5 Å². The van der Waals surface area contributed by atoms with Crippen LogP contribution in [0.5, 0.6) is 0 Å². The molecule has 0 radical (unpaired) electrons. The van der Waals surface area contributed by atoms with Crippen LogP contribution in [0.2, 0.25) is 0 Å². The molecular formula is C34H64N2O4. The number of nitrogens with one attached hydrogen (secondary N) is 1. The quantitative estimate of drug-likeness (QED) is 0.0973. The van der Waals surface area contributed by atoms with Gasteiger partial charge in [-0.15, -0.1) is 0 Å². The Morgan fingerprint density at radius 3 is 1.43 bits per heavy atom. The predicted molar refractivity (Wildman–Crippen MR) is 166 cm³/mol. The van der Waals surface area contributed by atoms with Gasteiger partial charge in [0.2, 0.25) is 11.8 Å². The first-order valence-electron chi connectivity index (χ1n) is 17.3. The van der Waals surface area contributed by atoms with Gasteiger partial charge >= 0.3 is 5.97 Å². The predicted octanol–water partition coefficient (Wildman–Crippen LogP) is 9.30. The van der Waals surface area contributed by atoms with Gasteiger partial charge in [-0.1, -0.05) is 155 Å². The van der Waals surface area contributed by atoms with E-state index in [1.54, 1.807) is 0 Å². The van der Waals surface area contributed by atoms with Crippen LogP contribution in [0.4, 0.5) is 0 Å². The molecule has 0 aliphatic carbocycles. The number of carbonyl (C=O) groups excluding carboxylic acids is 2. The van der Waals surface area contributed by atoms with Crippen LogP contribution in [-0.4, -0.2) is 40.0 Å². The molecule has 1 rings (SSSR count). The highest BCUT2D eigenvalue weighted by Gasteiger charge is 2.40. The molecule has 1 heterocycles. The maximum Gasteiger partial charge on any atom is 0.327 e. The zero-order chi connectivity index (χ0) is 29.3. The van der Waals surface area contributed by atoms with Crippen LogP contribution >= 0.6 is 0 Å². The third kappa shape index (κ3) is 18.0. The lowest BCUT2D eigenvalue weighted by Gasteiger charge is -2.40. The minimum Gasteiger partial charge on any atom is -0.480 e. The second-order valence-corrected chi connectivity index (χ2v) is 12.3. The van der Waals surface area contributed by atoms with Crippen molar-refractivity contribution in [3.63, 3.8) is 0 Å². The van der Waals surface area contributed by atoms with Crippen molar-refractivity contribution >= 4 is 17.8 Å². The molecule has 0 aromatic heterocycles. The second kappa shape index (κ2) is 25.1. The minimum absolute atomic E-state index is 0.122. The van der Waals surface area contributed by atoms with Crippen molar-refractivity contribution in [3.05, 3.63) is 0 Å². The fraction of sp³-hybridized carbons (Fsp3) is 0.912. The van der Waals surface area contributed by atoms with E-state index in [2.05, 4.69) is 19.2 Å². The van der Waals surface area contributed by atoms with E-state index in [-0.39, 0.29) is 18.2 Å². The van der Waals surface area contributed by atoms with E-state index < -0.39 is 18.2 Å². The molecule has 0 spiro atoms. The van der Waals surface area contributed by atoms with Crippen LogP contribution in [0, 0.1) is 0 Å². The Hall–Kier alpha value is -1.59. The van der Waals surface area contributed by atoms with Gasteiger partial charge in [0.25, 0.3) is 0 Å². The van der Waals surface area contributed by atoms with Crippen LogP contribution in [0.1, 0.15) is 187 Å². The largest absolute Gasteiger partial charge is 0.480 e. The van der Waals surface area contributed by atoms with E-state index in [1.165, 1.54) is 120 Å². The summed E-state index contributed by atoms with van der Waals surface area (Å²) in [7, 11) is 0. The molecule has 6 nitrogen and oxygen atoms in total. The Kier molecular flexibility index (Phi) is 22.9. The van der Waals surface area contributed by atoms with E-state index in [4.69, 9.17) is 0 Å². The highest BCUT2D eigenvalue weighted by atomic mass is 16.4.